The largest absolute Gasteiger partial charge is 0.486 e. The summed E-state index contributed by atoms with van der Waals surface area (Å²) in [7, 11) is 0. The summed E-state index contributed by atoms with van der Waals surface area (Å²) < 4.78 is 19.3. The summed E-state index contributed by atoms with van der Waals surface area (Å²) in [5.41, 5.74) is 1.16. The molecule has 5 rings (SSSR count). The van der Waals surface area contributed by atoms with Crippen molar-refractivity contribution in [3.8, 4) is 17.2 Å². The van der Waals surface area contributed by atoms with Gasteiger partial charge in [0.1, 0.15) is 19.0 Å². The van der Waals surface area contributed by atoms with E-state index in [1.807, 2.05) is 55.5 Å². The van der Waals surface area contributed by atoms with E-state index in [-0.39, 0.29) is 6.10 Å². The molecule has 2 aromatic carbocycles. The Kier molecular flexibility index (Phi) is 3.90. The van der Waals surface area contributed by atoms with Crippen molar-refractivity contribution in [1.82, 2.24) is 19.8 Å². The molecule has 0 spiro atoms. The third-order valence-electron chi connectivity index (χ3n) is 4.21. The minimum Gasteiger partial charge on any atom is -0.486 e. The molecule has 3 heterocycles. The van der Waals surface area contributed by atoms with Crippen LogP contribution in [0.2, 0.25) is 0 Å². The van der Waals surface area contributed by atoms with E-state index in [0.29, 0.717) is 29.7 Å². The average molecular weight is 380 g/mol. The number of ether oxygens (including phenoxy) is 3. The van der Waals surface area contributed by atoms with Crippen molar-refractivity contribution in [1.29, 1.82) is 0 Å². The Morgan fingerprint density at radius 2 is 2.04 bits per heavy atom. The van der Waals surface area contributed by atoms with Gasteiger partial charge in [-0.05, 0) is 36.8 Å². The van der Waals surface area contributed by atoms with Crippen LogP contribution in [0.15, 0.2) is 48.5 Å². The van der Waals surface area contributed by atoms with E-state index in [0.717, 1.165) is 22.1 Å². The van der Waals surface area contributed by atoms with Gasteiger partial charge < -0.3 is 14.2 Å². The zero-order chi connectivity index (χ0) is 18.2. The molecule has 136 valence electrons. The Labute approximate surface area is 159 Å². The van der Waals surface area contributed by atoms with Gasteiger partial charge in [-0.25, -0.2) is 0 Å². The molecule has 27 heavy (non-hydrogen) atoms. The molecule has 2 aromatic heterocycles. The maximum absolute atomic E-state index is 6.02. The molecule has 0 bridgehead atoms. The molecule has 0 fully saturated rings. The fourth-order valence-corrected chi connectivity index (χ4v) is 3.68. The standard InChI is InChI=1S/C19H16N4O3S/c1-12-5-4-6-13(9-12)24-11-17-22-23-18(20-21-19(23)27-17)16-10-25-14-7-2-3-8-15(14)26-16/h2-9,16H,10-11H2,1H3/t16-/m0/s1. The lowest BCUT2D eigenvalue weighted by molar-refractivity contribution is 0.0835. The summed E-state index contributed by atoms with van der Waals surface area (Å²) in [6.45, 7) is 2.78. The quantitative estimate of drug-likeness (QED) is 0.539. The second-order valence-electron chi connectivity index (χ2n) is 6.22. The number of benzene rings is 2. The Morgan fingerprint density at radius 3 is 2.93 bits per heavy atom. The number of rotatable bonds is 4. The first-order valence-electron chi connectivity index (χ1n) is 8.55. The third-order valence-corrected chi connectivity index (χ3v) is 5.08. The van der Waals surface area contributed by atoms with Gasteiger partial charge in [0.2, 0.25) is 4.96 Å². The monoisotopic (exact) mass is 380 g/mol. The van der Waals surface area contributed by atoms with Crippen LogP contribution in [-0.4, -0.2) is 26.4 Å². The zero-order valence-electron chi connectivity index (χ0n) is 14.5. The van der Waals surface area contributed by atoms with Crippen LogP contribution in [0.25, 0.3) is 4.96 Å². The predicted molar refractivity (Wildman–Crippen MR) is 99.5 cm³/mol. The molecule has 0 saturated carbocycles. The molecule has 0 saturated heterocycles. The highest BCUT2D eigenvalue weighted by Crippen LogP contribution is 2.35. The van der Waals surface area contributed by atoms with Gasteiger partial charge in [-0.1, -0.05) is 35.6 Å². The summed E-state index contributed by atoms with van der Waals surface area (Å²) in [6, 6.07) is 15.5. The van der Waals surface area contributed by atoms with E-state index in [1.54, 1.807) is 4.52 Å². The Morgan fingerprint density at radius 1 is 1.15 bits per heavy atom. The zero-order valence-corrected chi connectivity index (χ0v) is 15.3. The normalized spacial score (nSPS) is 15.8. The molecule has 0 radical (unpaired) electrons. The van der Waals surface area contributed by atoms with Crippen molar-refractivity contribution in [2.75, 3.05) is 6.61 Å². The van der Waals surface area contributed by atoms with Crippen LogP contribution in [0.1, 0.15) is 22.5 Å². The molecular formula is C19H16N4O3S. The summed E-state index contributed by atoms with van der Waals surface area (Å²) in [4.78, 5) is 0.704. The van der Waals surface area contributed by atoms with E-state index >= 15 is 0 Å². The van der Waals surface area contributed by atoms with E-state index < -0.39 is 0 Å². The Hall–Kier alpha value is -3.13. The number of aromatic nitrogens is 4. The first-order chi connectivity index (χ1) is 13.3. The highest BCUT2D eigenvalue weighted by atomic mass is 32.1. The highest BCUT2D eigenvalue weighted by Gasteiger charge is 2.28. The summed E-state index contributed by atoms with van der Waals surface area (Å²) in [5.74, 6) is 2.88. The van der Waals surface area contributed by atoms with Gasteiger partial charge in [0.15, 0.2) is 28.4 Å². The molecule has 8 heteroatoms. The van der Waals surface area contributed by atoms with Gasteiger partial charge in [-0.3, -0.25) is 0 Å². The van der Waals surface area contributed by atoms with Gasteiger partial charge in [0.05, 0.1) is 0 Å². The number of hydrogen-bond acceptors (Lipinski definition) is 7. The molecule has 1 aliphatic heterocycles. The topological polar surface area (TPSA) is 70.8 Å². The lowest BCUT2D eigenvalue weighted by Crippen LogP contribution is -2.23. The number of fused-ring (bicyclic) bond motifs is 2. The van der Waals surface area contributed by atoms with Gasteiger partial charge in [-0.15, -0.1) is 10.2 Å². The van der Waals surface area contributed by atoms with E-state index in [1.165, 1.54) is 11.3 Å². The predicted octanol–water partition coefficient (Wildman–Crippen LogP) is 3.59. The second-order valence-corrected chi connectivity index (χ2v) is 7.26. The van der Waals surface area contributed by atoms with Crippen molar-refractivity contribution in [3.63, 3.8) is 0 Å². The van der Waals surface area contributed by atoms with Crippen molar-refractivity contribution < 1.29 is 14.2 Å². The van der Waals surface area contributed by atoms with Gasteiger partial charge >= 0.3 is 0 Å². The van der Waals surface area contributed by atoms with E-state index in [9.17, 15) is 0 Å². The first kappa shape index (κ1) is 16.1. The molecule has 7 nitrogen and oxygen atoms in total. The van der Waals surface area contributed by atoms with Crippen LogP contribution in [-0.2, 0) is 6.61 Å². The van der Waals surface area contributed by atoms with Crippen molar-refractivity contribution >= 4 is 16.3 Å². The minimum atomic E-state index is -0.359. The van der Waals surface area contributed by atoms with Gasteiger partial charge in [0.25, 0.3) is 0 Å². The fraction of sp³-hybridized carbons (Fsp3) is 0.211. The van der Waals surface area contributed by atoms with Crippen molar-refractivity contribution in [3.05, 3.63) is 64.9 Å². The molecule has 0 N–H and O–H groups in total. The Bertz CT molecular complexity index is 1110. The smallest absolute Gasteiger partial charge is 0.234 e. The van der Waals surface area contributed by atoms with Crippen molar-refractivity contribution in [2.24, 2.45) is 0 Å². The molecule has 0 unspecified atom stereocenters. The van der Waals surface area contributed by atoms with Crippen LogP contribution in [0.4, 0.5) is 0 Å². The molecule has 0 aliphatic carbocycles. The van der Waals surface area contributed by atoms with Crippen LogP contribution in [0.3, 0.4) is 0 Å². The molecule has 1 aliphatic rings. The van der Waals surface area contributed by atoms with Crippen LogP contribution < -0.4 is 14.2 Å². The fourth-order valence-electron chi connectivity index (χ4n) is 2.93. The van der Waals surface area contributed by atoms with Crippen molar-refractivity contribution in [2.45, 2.75) is 19.6 Å². The van der Waals surface area contributed by atoms with Gasteiger partial charge in [0, 0.05) is 0 Å². The number of hydrogen-bond donors (Lipinski definition) is 0. The molecule has 0 amide bonds. The maximum Gasteiger partial charge on any atom is 0.234 e. The summed E-state index contributed by atoms with van der Waals surface area (Å²) in [6.07, 6.45) is -0.359. The van der Waals surface area contributed by atoms with Gasteiger partial charge in [-0.2, -0.15) is 9.61 Å². The lowest BCUT2D eigenvalue weighted by atomic mass is 10.2. The average Bonchev–Trinajstić information content (AvgIpc) is 3.26. The maximum atomic E-state index is 6.02. The third kappa shape index (κ3) is 3.08. The lowest BCUT2D eigenvalue weighted by Gasteiger charge is -2.24. The minimum absolute atomic E-state index is 0.359. The molecular weight excluding hydrogens is 364 g/mol. The van der Waals surface area contributed by atoms with E-state index in [4.69, 9.17) is 14.2 Å². The van der Waals surface area contributed by atoms with Crippen LogP contribution in [0, 0.1) is 6.92 Å². The number of para-hydroxylation sites is 2. The summed E-state index contributed by atoms with van der Waals surface area (Å²) >= 11 is 1.45. The summed E-state index contributed by atoms with van der Waals surface area (Å²) in [5, 5.41) is 13.9. The van der Waals surface area contributed by atoms with E-state index in [2.05, 4.69) is 15.3 Å². The van der Waals surface area contributed by atoms with Crippen LogP contribution >= 0.6 is 11.3 Å². The SMILES string of the molecule is Cc1cccc(OCc2nn3c([C@@H]4COc5ccccc5O4)nnc3s2)c1. The highest BCUT2D eigenvalue weighted by molar-refractivity contribution is 7.16. The Balaban J connectivity index is 1.36. The number of nitrogens with zero attached hydrogens (tertiary/aromatic N) is 4. The van der Waals surface area contributed by atoms with Crippen LogP contribution in [0.5, 0.6) is 17.2 Å². The second kappa shape index (κ2) is 6.55. The first-order valence-corrected chi connectivity index (χ1v) is 9.37. The molecule has 1 atom stereocenters. The molecule has 4 aromatic rings. The number of aryl methyl sites for hydroxylation is 1.